The summed E-state index contributed by atoms with van der Waals surface area (Å²) in [6.07, 6.45) is -0.193. The van der Waals surface area contributed by atoms with Crippen molar-refractivity contribution >= 4 is 10.8 Å². The van der Waals surface area contributed by atoms with Crippen molar-refractivity contribution in [3.8, 4) is 0 Å². The van der Waals surface area contributed by atoms with Gasteiger partial charge in [-0.15, -0.1) is 6.58 Å². The number of benzene rings is 4. The molecule has 4 aromatic rings. The molecule has 37 heavy (non-hydrogen) atoms. The Bertz CT molecular complexity index is 1380. The Balaban J connectivity index is 1.44. The summed E-state index contributed by atoms with van der Waals surface area (Å²) < 4.78 is 82.3. The van der Waals surface area contributed by atoms with E-state index in [1.165, 1.54) is 24.3 Å². The maximum absolute atomic E-state index is 15.2. The number of halogens is 6. The zero-order valence-corrected chi connectivity index (χ0v) is 20.1. The van der Waals surface area contributed by atoms with Gasteiger partial charge in [0.05, 0.1) is 5.56 Å². The molecule has 0 nitrogen and oxygen atoms in total. The summed E-state index contributed by atoms with van der Waals surface area (Å²) in [7, 11) is 0. The van der Waals surface area contributed by atoms with Crippen LogP contribution in [0.2, 0.25) is 0 Å². The zero-order chi connectivity index (χ0) is 26.6. The van der Waals surface area contributed by atoms with E-state index in [1.807, 2.05) is 6.07 Å². The summed E-state index contributed by atoms with van der Waals surface area (Å²) in [6.45, 7) is 3.62. The van der Waals surface area contributed by atoms with Crippen LogP contribution in [0.5, 0.6) is 0 Å². The average molecular weight is 513 g/mol. The monoisotopic (exact) mass is 512 g/mol. The lowest BCUT2D eigenvalue weighted by Crippen LogP contribution is -2.04. The number of fused-ring (bicyclic) bond motifs is 1. The van der Waals surface area contributed by atoms with Crippen LogP contribution in [0.3, 0.4) is 0 Å². The van der Waals surface area contributed by atoms with Crippen molar-refractivity contribution in [1.82, 2.24) is 0 Å². The van der Waals surface area contributed by atoms with Gasteiger partial charge in [-0.1, -0.05) is 48.5 Å². The molecule has 0 aromatic heterocycles. The Morgan fingerprint density at radius 1 is 0.649 bits per heavy atom. The fraction of sp³-hybridized carbons (Fsp3) is 0.226. The minimum atomic E-state index is -4.39. The topological polar surface area (TPSA) is 0 Å². The maximum atomic E-state index is 15.2. The van der Waals surface area contributed by atoms with Gasteiger partial charge in [-0.3, -0.25) is 0 Å². The van der Waals surface area contributed by atoms with Crippen molar-refractivity contribution in [2.24, 2.45) is 0 Å². The average Bonchev–Trinajstić information content (AvgIpc) is 2.86. The lowest BCUT2D eigenvalue weighted by atomic mass is 9.96. The third-order valence-corrected chi connectivity index (χ3v) is 6.56. The standard InChI is InChI=1S/C31H26F6/c1-2-3-4-22-18-28(32)27(29(33)19-22)16-9-21-8-15-26-24(17-21)12-11-23(30(26)34)10-5-20-6-13-25(14-7-20)31(35,36)37/h2,6-8,11-15,17-19H,1,3-5,9-10,16H2. The molecular formula is C31H26F6. The predicted molar refractivity (Wildman–Crippen MR) is 135 cm³/mol. The normalized spacial score (nSPS) is 11.7. The van der Waals surface area contributed by atoms with Gasteiger partial charge in [0.15, 0.2) is 0 Å². The first-order valence-electron chi connectivity index (χ1n) is 12.1. The molecule has 0 radical (unpaired) electrons. The van der Waals surface area contributed by atoms with E-state index in [1.54, 1.807) is 30.3 Å². The highest BCUT2D eigenvalue weighted by atomic mass is 19.4. The van der Waals surface area contributed by atoms with E-state index in [4.69, 9.17) is 0 Å². The second-order valence-corrected chi connectivity index (χ2v) is 9.15. The molecule has 0 saturated carbocycles. The summed E-state index contributed by atoms with van der Waals surface area (Å²) in [5.41, 5.74) is 1.91. The second kappa shape index (κ2) is 11.2. The molecule has 6 heteroatoms. The minimum Gasteiger partial charge on any atom is -0.207 e. The highest BCUT2D eigenvalue weighted by Gasteiger charge is 2.29. The number of allylic oxidation sites excluding steroid dienone is 1. The molecule has 0 heterocycles. The molecule has 0 aliphatic carbocycles. The summed E-state index contributed by atoms with van der Waals surface area (Å²) in [4.78, 5) is 0. The maximum Gasteiger partial charge on any atom is 0.416 e. The van der Waals surface area contributed by atoms with E-state index in [9.17, 15) is 22.0 Å². The van der Waals surface area contributed by atoms with E-state index >= 15 is 4.39 Å². The van der Waals surface area contributed by atoms with Crippen LogP contribution in [-0.2, 0) is 38.3 Å². The molecule has 0 bridgehead atoms. The molecule has 0 N–H and O–H groups in total. The molecule has 0 aliphatic heterocycles. The Hall–Kier alpha value is -3.54. The SMILES string of the molecule is C=CCCc1cc(F)c(CCc2ccc3c(F)c(CCc4ccc(C(F)(F)F)cc4)ccc3c2)c(F)c1. The van der Waals surface area contributed by atoms with Crippen LogP contribution < -0.4 is 0 Å². The Kier molecular flexibility index (Phi) is 8.06. The first-order chi connectivity index (χ1) is 17.7. The second-order valence-electron chi connectivity index (χ2n) is 9.15. The van der Waals surface area contributed by atoms with E-state index in [-0.39, 0.29) is 17.8 Å². The molecular weight excluding hydrogens is 486 g/mol. The summed E-state index contributed by atoms with van der Waals surface area (Å²) in [5.74, 6) is -1.50. The summed E-state index contributed by atoms with van der Waals surface area (Å²) >= 11 is 0. The van der Waals surface area contributed by atoms with Gasteiger partial charge >= 0.3 is 6.18 Å². The molecule has 0 fully saturated rings. The Morgan fingerprint density at radius 2 is 1.30 bits per heavy atom. The van der Waals surface area contributed by atoms with Crippen LogP contribution in [0.25, 0.3) is 10.8 Å². The van der Waals surface area contributed by atoms with E-state index in [2.05, 4.69) is 6.58 Å². The summed E-state index contributed by atoms with van der Waals surface area (Å²) in [5, 5.41) is 1.10. The number of alkyl halides is 3. The van der Waals surface area contributed by atoms with Crippen LogP contribution >= 0.6 is 0 Å². The molecule has 0 amide bonds. The fourth-order valence-corrected chi connectivity index (χ4v) is 4.45. The zero-order valence-electron chi connectivity index (χ0n) is 20.1. The first-order valence-corrected chi connectivity index (χ1v) is 12.1. The van der Waals surface area contributed by atoms with Gasteiger partial charge in [0, 0.05) is 10.9 Å². The lowest BCUT2D eigenvalue weighted by Gasteiger charge is -2.11. The third-order valence-electron chi connectivity index (χ3n) is 6.56. The molecule has 0 saturated heterocycles. The van der Waals surface area contributed by atoms with Gasteiger partial charge in [-0.05, 0) is 90.4 Å². The highest BCUT2D eigenvalue weighted by Crippen LogP contribution is 2.30. The van der Waals surface area contributed by atoms with Crippen LogP contribution in [0.1, 0.15) is 39.8 Å². The van der Waals surface area contributed by atoms with E-state index in [0.29, 0.717) is 59.6 Å². The smallest absolute Gasteiger partial charge is 0.207 e. The van der Waals surface area contributed by atoms with Gasteiger partial charge in [-0.25, -0.2) is 13.2 Å². The van der Waals surface area contributed by atoms with Gasteiger partial charge in [0.1, 0.15) is 17.5 Å². The van der Waals surface area contributed by atoms with Crippen molar-refractivity contribution in [3.05, 3.63) is 130 Å². The van der Waals surface area contributed by atoms with Crippen molar-refractivity contribution in [3.63, 3.8) is 0 Å². The minimum absolute atomic E-state index is 0.0345. The van der Waals surface area contributed by atoms with Crippen LogP contribution in [0.15, 0.2) is 79.4 Å². The number of rotatable bonds is 9. The van der Waals surface area contributed by atoms with Crippen molar-refractivity contribution in [1.29, 1.82) is 0 Å². The highest BCUT2D eigenvalue weighted by molar-refractivity contribution is 5.84. The lowest BCUT2D eigenvalue weighted by molar-refractivity contribution is -0.137. The molecule has 4 aromatic carbocycles. The predicted octanol–water partition coefficient (Wildman–Crippen LogP) is 8.96. The molecule has 0 aliphatic rings. The number of hydrogen-bond donors (Lipinski definition) is 0. The van der Waals surface area contributed by atoms with E-state index < -0.39 is 23.4 Å². The largest absolute Gasteiger partial charge is 0.416 e. The fourth-order valence-electron chi connectivity index (χ4n) is 4.45. The number of aryl methyl sites for hydroxylation is 4. The van der Waals surface area contributed by atoms with Gasteiger partial charge in [-0.2, -0.15) is 13.2 Å². The summed E-state index contributed by atoms with van der Waals surface area (Å²) in [6, 6.07) is 16.3. The quantitative estimate of drug-likeness (QED) is 0.155. The van der Waals surface area contributed by atoms with Crippen LogP contribution in [0, 0.1) is 17.5 Å². The Labute approximate surface area is 212 Å². The number of hydrogen-bond acceptors (Lipinski definition) is 0. The van der Waals surface area contributed by atoms with Gasteiger partial charge in [0.2, 0.25) is 0 Å². The van der Waals surface area contributed by atoms with Crippen LogP contribution in [0.4, 0.5) is 26.3 Å². The molecule has 192 valence electrons. The van der Waals surface area contributed by atoms with Gasteiger partial charge < -0.3 is 0 Å². The Morgan fingerprint density at radius 3 is 1.95 bits per heavy atom. The molecule has 0 atom stereocenters. The molecule has 0 spiro atoms. The third kappa shape index (κ3) is 6.43. The van der Waals surface area contributed by atoms with Gasteiger partial charge in [0.25, 0.3) is 0 Å². The molecule has 0 unspecified atom stereocenters. The van der Waals surface area contributed by atoms with Crippen molar-refractivity contribution in [2.45, 2.75) is 44.7 Å². The van der Waals surface area contributed by atoms with Crippen molar-refractivity contribution in [2.75, 3.05) is 0 Å². The first kappa shape index (κ1) is 26.5. The van der Waals surface area contributed by atoms with Crippen LogP contribution in [-0.4, -0.2) is 0 Å². The van der Waals surface area contributed by atoms with E-state index in [0.717, 1.165) is 17.7 Å². The van der Waals surface area contributed by atoms with Crippen molar-refractivity contribution < 1.29 is 26.3 Å². The molecule has 4 rings (SSSR count).